The standard InChI is InChI=1S/C13H26O2Si/c1-7-12(14)10-8-9-11-15-16(5,6)13(2,3)4/h12,14H,7,9,11H2,1-6H3/t12-/m0/s1. The Labute approximate surface area is 102 Å². The Morgan fingerprint density at radius 1 is 1.31 bits per heavy atom. The van der Waals surface area contributed by atoms with Crippen molar-refractivity contribution < 1.29 is 9.53 Å². The van der Waals surface area contributed by atoms with Crippen LogP contribution in [0.1, 0.15) is 40.5 Å². The molecule has 0 aliphatic rings. The topological polar surface area (TPSA) is 29.5 Å². The highest BCUT2D eigenvalue weighted by molar-refractivity contribution is 6.74. The van der Waals surface area contributed by atoms with Crippen LogP contribution in [0.2, 0.25) is 18.1 Å². The van der Waals surface area contributed by atoms with E-state index in [9.17, 15) is 5.11 Å². The van der Waals surface area contributed by atoms with Crippen LogP contribution in [0.15, 0.2) is 0 Å². The molecular formula is C13H26O2Si. The fraction of sp³-hybridized carbons (Fsp3) is 0.846. The van der Waals surface area contributed by atoms with Crippen molar-refractivity contribution >= 4 is 8.32 Å². The molecule has 0 aliphatic heterocycles. The molecule has 0 unspecified atom stereocenters. The molecule has 0 aromatic carbocycles. The zero-order valence-electron chi connectivity index (χ0n) is 11.6. The molecule has 0 saturated heterocycles. The van der Waals surface area contributed by atoms with Crippen LogP contribution in [0.5, 0.6) is 0 Å². The Kier molecular flexibility index (Phi) is 6.31. The summed E-state index contributed by atoms with van der Waals surface area (Å²) in [6.07, 6.45) is 0.924. The normalized spacial score (nSPS) is 14.2. The summed E-state index contributed by atoms with van der Waals surface area (Å²) in [5.41, 5.74) is 0. The Balaban J connectivity index is 3.94. The van der Waals surface area contributed by atoms with Crippen molar-refractivity contribution in [2.45, 2.75) is 64.8 Å². The first-order chi connectivity index (χ1) is 7.20. The van der Waals surface area contributed by atoms with Crippen LogP contribution < -0.4 is 0 Å². The van der Waals surface area contributed by atoms with Gasteiger partial charge in [-0.25, -0.2) is 0 Å². The quantitative estimate of drug-likeness (QED) is 0.466. The zero-order chi connectivity index (χ0) is 12.8. The number of aliphatic hydroxyl groups excluding tert-OH is 1. The van der Waals surface area contributed by atoms with Crippen LogP contribution in [0.3, 0.4) is 0 Å². The Morgan fingerprint density at radius 3 is 2.31 bits per heavy atom. The third-order valence-electron chi connectivity index (χ3n) is 3.15. The van der Waals surface area contributed by atoms with Crippen LogP contribution in [-0.4, -0.2) is 26.1 Å². The van der Waals surface area contributed by atoms with Crippen LogP contribution in [-0.2, 0) is 4.43 Å². The van der Waals surface area contributed by atoms with E-state index < -0.39 is 14.4 Å². The molecule has 0 radical (unpaired) electrons. The minimum atomic E-state index is -1.62. The summed E-state index contributed by atoms with van der Waals surface area (Å²) in [5, 5.41) is 9.49. The number of hydrogen-bond donors (Lipinski definition) is 1. The third kappa shape index (κ3) is 5.69. The summed E-state index contributed by atoms with van der Waals surface area (Å²) in [7, 11) is -1.62. The first kappa shape index (κ1) is 15.7. The molecule has 94 valence electrons. The molecule has 0 fully saturated rings. The lowest BCUT2D eigenvalue weighted by Crippen LogP contribution is -2.40. The average Bonchev–Trinajstić information content (AvgIpc) is 2.15. The van der Waals surface area contributed by atoms with E-state index in [1.807, 2.05) is 6.92 Å². The van der Waals surface area contributed by atoms with Gasteiger partial charge in [0.2, 0.25) is 0 Å². The number of rotatable bonds is 4. The predicted octanol–water partition coefficient (Wildman–Crippen LogP) is 3.17. The monoisotopic (exact) mass is 242 g/mol. The molecule has 0 heterocycles. The van der Waals surface area contributed by atoms with Gasteiger partial charge in [-0.2, -0.15) is 0 Å². The van der Waals surface area contributed by atoms with Crippen molar-refractivity contribution in [2.75, 3.05) is 6.61 Å². The maximum atomic E-state index is 9.24. The molecule has 0 spiro atoms. The molecule has 16 heavy (non-hydrogen) atoms. The molecule has 0 amide bonds. The highest BCUT2D eigenvalue weighted by Gasteiger charge is 2.36. The molecule has 1 atom stereocenters. The molecule has 2 nitrogen and oxygen atoms in total. The fourth-order valence-corrected chi connectivity index (χ4v) is 1.91. The molecule has 0 aromatic rings. The van der Waals surface area contributed by atoms with Gasteiger partial charge in [0.15, 0.2) is 8.32 Å². The first-order valence-corrected chi connectivity index (χ1v) is 8.92. The number of aliphatic hydroxyl groups is 1. The van der Waals surface area contributed by atoms with E-state index in [1.54, 1.807) is 0 Å². The van der Waals surface area contributed by atoms with Crippen LogP contribution in [0.4, 0.5) is 0 Å². The smallest absolute Gasteiger partial charge is 0.192 e. The average molecular weight is 242 g/mol. The van der Waals surface area contributed by atoms with Gasteiger partial charge in [-0.3, -0.25) is 0 Å². The van der Waals surface area contributed by atoms with E-state index in [0.717, 1.165) is 0 Å². The van der Waals surface area contributed by atoms with Crippen LogP contribution in [0, 0.1) is 11.8 Å². The lowest BCUT2D eigenvalue weighted by molar-refractivity contribution is 0.228. The highest BCUT2D eigenvalue weighted by atomic mass is 28.4. The van der Waals surface area contributed by atoms with Gasteiger partial charge in [-0.1, -0.05) is 39.5 Å². The molecule has 0 bridgehead atoms. The SMILES string of the molecule is CC[C@H](O)C#CCCO[Si](C)(C)C(C)(C)C. The van der Waals surface area contributed by atoms with E-state index in [2.05, 4.69) is 45.7 Å². The van der Waals surface area contributed by atoms with Crippen LogP contribution >= 0.6 is 0 Å². The van der Waals surface area contributed by atoms with E-state index in [-0.39, 0.29) is 5.04 Å². The van der Waals surface area contributed by atoms with Gasteiger partial charge in [0.25, 0.3) is 0 Å². The summed E-state index contributed by atoms with van der Waals surface area (Å²) < 4.78 is 5.96. The molecular weight excluding hydrogens is 216 g/mol. The third-order valence-corrected chi connectivity index (χ3v) is 7.69. The van der Waals surface area contributed by atoms with Crippen molar-refractivity contribution in [3.8, 4) is 11.8 Å². The highest BCUT2D eigenvalue weighted by Crippen LogP contribution is 2.36. The van der Waals surface area contributed by atoms with E-state index in [4.69, 9.17) is 4.43 Å². The zero-order valence-corrected chi connectivity index (χ0v) is 12.6. The molecule has 0 saturated carbocycles. The molecule has 0 aromatic heterocycles. The largest absolute Gasteiger partial charge is 0.416 e. The van der Waals surface area contributed by atoms with Crippen molar-refractivity contribution in [3.63, 3.8) is 0 Å². The van der Waals surface area contributed by atoms with Gasteiger partial charge in [0, 0.05) is 13.0 Å². The van der Waals surface area contributed by atoms with Gasteiger partial charge in [0.1, 0.15) is 6.10 Å². The van der Waals surface area contributed by atoms with Crippen molar-refractivity contribution in [3.05, 3.63) is 0 Å². The van der Waals surface area contributed by atoms with Crippen LogP contribution in [0.25, 0.3) is 0 Å². The second-order valence-corrected chi connectivity index (χ2v) is 10.4. The Bertz CT molecular complexity index is 255. The van der Waals surface area contributed by atoms with Gasteiger partial charge in [-0.15, -0.1) is 0 Å². The lowest BCUT2D eigenvalue weighted by atomic mass is 10.2. The second-order valence-electron chi connectivity index (χ2n) is 5.60. The molecule has 1 N–H and O–H groups in total. The maximum absolute atomic E-state index is 9.24. The maximum Gasteiger partial charge on any atom is 0.192 e. The second kappa shape index (κ2) is 6.44. The Morgan fingerprint density at radius 2 is 1.88 bits per heavy atom. The van der Waals surface area contributed by atoms with Crippen molar-refractivity contribution in [1.29, 1.82) is 0 Å². The lowest BCUT2D eigenvalue weighted by Gasteiger charge is -2.35. The van der Waals surface area contributed by atoms with Crippen molar-refractivity contribution in [2.24, 2.45) is 0 Å². The molecule has 0 rings (SSSR count). The molecule has 3 heteroatoms. The minimum Gasteiger partial charge on any atom is -0.416 e. The van der Waals surface area contributed by atoms with Gasteiger partial charge in [-0.05, 0) is 24.6 Å². The number of hydrogen-bond acceptors (Lipinski definition) is 2. The van der Waals surface area contributed by atoms with Crippen molar-refractivity contribution in [1.82, 2.24) is 0 Å². The summed E-state index contributed by atoms with van der Waals surface area (Å²) in [4.78, 5) is 0. The summed E-state index contributed by atoms with van der Waals surface area (Å²) in [6.45, 7) is 13.8. The van der Waals surface area contributed by atoms with E-state index in [0.29, 0.717) is 19.4 Å². The van der Waals surface area contributed by atoms with E-state index >= 15 is 0 Å². The summed E-state index contributed by atoms with van der Waals surface area (Å²) in [5.74, 6) is 5.76. The van der Waals surface area contributed by atoms with Gasteiger partial charge >= 0.3 is 0 Å². The Hall–Kier alpha value is -0.303. The summed E-state index contributed by atoms with van der Waals surface area (Å²) >= 11 is 0. The fourth-order valence-electron chi connectivity index (χ4n) is 0.866. The van der Waals surface area contributed by atoms with E-state index in [1.165, 1.54) is 0 Å². The first-order valence-electron chi connectivity index (χ1n) is 6.01. The van der Waals surface area contributed by atoms with Gasteiger partial charge < -0.3 is 9.53 Å². The van der Waals surface area contributed by atoms with Gasteiger partial charge in [0.05, 0.1) is 0 Å². The minimum absolute atomic E-state index is 0.253. The molecule has 0 aliphatic carbocycles. The predicted molar refractivity (Wildman–Crippen MR) is 71.8 cm³/mol. The summed E-state index contributed by atoms with van der Waals surface area (Å²) in [6, 6.07) is 0.